The van der Waals surface area contributed by atoms with Crippen LogP contribution in [-0.2, 0) is 4.79 Å². The molecule has 2 aliphatic rings. The topological polar surface area (TPSA) is 61.4 Å². The van der Waals surface area contributed by atoms with Gasteiger partial charge in [0.15, 0.2) is 0 Å². The van der Waals surface area contributed by atoms with Gasteiger partial charge in [-0.15, -0.1) is 0 Å². The molecule has 4 nitrogen and oxygen atoms in total. The highest BCUT2D eigenvalue weighted by Crippen LogP contribution is 2.19. The quantitative estimate of drug-likeness (QED) is 0.622. The van der Waals surface area contributed by atoms with Crippen LogP contribution in [0.2, 0.25) is 0 Å². The molecule has 2 rings (SSSR count). The van der Waals surface area contributed by atoms with Gasteiger partial charge in [0.05, 0.1) is 12.6 Å². The second-order valence-electron chi connectivity index (χ2n) is 4.75. The number of hydrogen-bond donors (Lipinski definition) is 3. The van der Waals surface area contributed by atoms with Crippen LogP contribution in [0.3, 0.4) is 0 Å². The van der Waals surface area contributed by atoms with E-state index in [-0.39, 0.29) is 18.1 Å². The van der Waals surface area contributed by atoms with E-state index in [2.05, 4.69) is 10.6 Å². The van der Waals surface area contributed by atoms with Gasteiger partial charge in [0, 0.05) is 12.1 Å². The average Bonchev–Trinajstić information content (AvgIpc) is 2.65. The van der Waals surface area contributed by atoms with Gasteiger partial charge in [-0.3, -0.25) is 4.79 Å². The van der Waals surface area contributed by atoms with E-state index in [4.69, 9.17) is 5.11 Å². The maximum atomic E-state index is 11.5. The van der Waals surface area contributed by atoms with Crippen LogP contribution in [0.1, 0.15) is 38.5 Å². The van der Waals surface area contributed by atoms with E-state index in [1.54, 1.807) is 0 Å². The van der Waals surface area contributed by atoms with Gasteiger partial charge >= 0.3 is 0 Å². The van der Waals surface area contributed by atoms with Crippen molar-refractivity contribution in [2.45, 2.75) is 56.7 Å². The Hall–Kier alpha value is -0.610. The molecule has 86 valence electrons. The molecule has 0 radical (unpaired) electrons. The third-order valence-corrected chi connectivity index (χ3v) is 3.38. The lowest BCUT2D eigenvalue weighted by molar-refractivity contribution is -0.122. The number of aliphatic hydroxyl groups is 1. The maximum Gasteiger partial charge on any atom is 0.234 e. The van der Waals surface area contributed by atoms with E-state index >= 15 is 0 Å². The first-order valence-electron chi connectivity index (χ1n) is 5.95. The van der Waals surface area contributed by atoms with Gasteiger partial charge in [-0.25, -0.2) is 0 Å². The summed E-state index contributed by atoms with van der Waals surface area (Å²) in [6, 6.07) is 0.751. The van der Waals surface area contributed by atoms with Gasteiger partial charge in [-0.2, -0.15) is 0 Å². The Balaban J connectivity index is 1.56. The fourth-order valence-electron chi connectivity index (χ4n) is 2.35. The van der Waals surface area contributed by atoms with Crippen LogP contribution in [0.5, 0.6) is 0 Å². The van der Waals surface area contributed by atoms with Gasteiger partial charge in [0.1, 0.15) is 0 Å². The number of hydrogen-bond acceptors (Lipinski definition) is 3. The Kier molecular flexibility index (Phi) is 3.59. The van der Waals surface area contributed by atoms with Crippen LogP contribution in [0.4, 0.5) is 0 Å². The van der Waals surface area contributed by atoms with E-state index < -0.39 is 0 Å². The number of carbonyl (C=O) groups excluding carboxylic acids is 1. The molecular formula is C11H20N2O2. The molecule has 3 N–H and O–H groups in total. The molecule has 2 fully saturated rings. The van der Waals surface area contributed by atoms with Crippen molar-refractivity contribution in [2.75, 3.05) is 6.54 Å². The van der Waals surface area contributed by atoms with Crippen molar-refractivity contribution in [3.8, 4) is 0 Å². The Labute approximate surface area is 90.4 Å². The average molecular weight is 212 g/mol. The molecule has 0 heterocycles. The lowest BCUT2D eigenvalue weighted by Crippen LogP contribution is -2.49. The minimum Gasteiger partial charge on any atom is -0.393 e. The lowest BCUT2D eigenvalue weighted by atomic mass is 9.89. The highest BCUT2D eigenvalue weighted by atomic mass is 16.3. The molecule has 0 aromatic carbocycles. The molecule has 4 heteroatoms. The summed E-state index contributed by atoms with van der Waals surface area (Å²) in [4.78, 5) is 11.5. The molecule has 0 aliphatic heterocycles. The van der Waals surface area contributed by atoms with Crippen molar-refractivity contribution in [1.82, 2.24) is 10.6 Å². The second kappa shape index (κ2) is 4.94. The summed E-state index contributed by atoms with van der Waals surface area (Å²) >= 11 is 0. The first kappa shape index (κ1) is 10.9. The largest absolute Gasteiger partial charge is 0.393 e. The molecule has 0 aromatic heterocycles. The fourth-order valence-corrected chi connectivity index (χ4v) is 2.35. The molecule has 1 amide bonds. The summed E-state index contributed by atoms with van der Waals surface area (Å²) in [6.07, 6.45) is 6.22. The molecule has 0 unspecified atom stereocenters. The SMILES string of the molecule is O=C(CNC1CCCC1)NC1CC(O)C1. The molecular weight excluding hydrogens is 192 g/mol. The normalized spacial score (nSPS) is 31.3. The number of nitrogens with one attached hydrogen (secondary N) is 2. The monoisotopic (exact) mass is 212 g/mol. The van der Waals surface area contributed by atoms with Crippen molar-refractivity contribution in [3.63, 3.8) is 0 Å². The van der Waals surface area contributed by atoms with Crippen LogP contribution >= 0.6 is 0 Å². The number of aliphatic hydroxyl groups excluding tert-OH is 1. The van der Waals surface area contributed by atoms with Crippen LogP contribution in [0, 0.1) is 0 Å². The molecule has 0 spiro atoms. The molecule has 0 atom stereocenters. The summed E-state index contributed by atoms with van der Waals surface area (Å²) in [7, 11) is 0. The van der Waals surface area contributed by atoms with Gasteiger partial charge in [0.25, 0.3) is 0 Å². The number of amides is 1. The van der Waals surface area contributed by atoms with E-state index in [9.17, 15) is 4.79 Å². The summed E-state index contributed by atoms with van der Waals surface area (Å²) in [5.41, 5.74) is 0. The first-order chi connectivity index (χ1) is 7.24. The third-order valence-electron chi connectivity index (χ3n) is 3.38. The molecule has 0 aromatic rings. The molecule has 0 saturated heterocycles. The summed E-state index contributed by atoms with van der Waals surface area (Å²) in [5.74, 6) is 0.0683. The van der Waals surface area contributed by atoms with Crippen molar-refractivity contribution < 1.29 is 9.90 Å². The van der Waals surface area contributed by atoms with Crippen LogP contribution in [0.15, 0.2) is 0 Å². The van der Waals surface area contributed by atoms with Crippen LogP contribution in [0.25, 0.3) is 0 Å². The predicted octanol–water partition coefficient (Wildman–Crippen LogP) is 0.158. The predicted molar refractivity (Wildman–Crippen MR) is 57.4 cm³/mol. The Morgan fingerprint density at radius 1 is 1.20 bits per heavy atom. The zero-order chi connectivity index (χ0) is 10.7. The molecule has 2 saturated carbocycles. The Bertz CT molecular complexity index is 221. The number of rotatable bonds is 4. The summed E-state index contributed by atoms with van der Waals surface area (Å²) in [5, 5.41) is 15.2. The third kappa shape index (κ3) is 3.18. The van der Waals surface area contributed by atoms with E-state index in [0.717, 1.165) is 12.8 Å². The van der Waals surface area contributed by atoms with E-state index in [1.807, 2.05) is 0 Å². The van der Waals surface area contributed by atoms with E-state index in [1.165, 1.54) is 25.7 Å². The Morgan fingerprint density at radius 2 is 1.87 bits per heavy atom. The Morgan fingerprint density at radius 3 is 2.47 bits per heavy atom. The van der Waals surface area contributed by atoms with Gasteiger partial charge in [0.2, 0.25) is 5.91 Å². The number of carbonyl (C=O) groups is 1. The van der Waals surface area contributed by atoms with Crippen molar-refractivity contribution >= 4 is 5.91 Å². The minimum absolute atomic E-state index is 0.0683. The second-order valence-corrected chi connectivity index (χ2v) is 4.75. The van der Waals surface area contributed by atoms with Crippen molar-refractivity contribution in [3.05, 3.63) is 0 Å². The van der Waals surface area contributed by atoms with Crippen LogP contribution < -0.4 is 10.6 Å². The lowest BCUT2D eigenvalue weighted by Gasteiger charge is -2.32. The van der Waals surface area contributed by atoms with Crippen LogP contribution in [-0.4, -0.2) is 35.7 Å². The van der Waals surface area contributed by atoms with Crippen molar-refractivity contribution in [2.24, 2.45) is 0 Å². The highest BCUT2D eigenvalue weighted by molar-refractivity contribution is 5.78. The summed E-state index contributed by atoms with van der Waals surface area (Å²) < 4.78 is 0. The summed E-state index contributed by atoms with van der Waals surface area (Å²) in [6.45, 7) is 0.428. The molecule has 0 bridgehead atoms. The highest BCUT2D eigenvalue weighted by Gasteiger charge is 2.28. The fraction of sp³-hybridized carbons (Fsp3) is 0.909. The van der Waals surface area contributed by atoms with Gasteiger partial charge in [-0.1, -0.05) is 12.8 Å². The van der Waals surface area contributed by atoms with Crippen molar-refractivity contribution in [1.29, 1.82) is 0 Å². The minimum atomic E-state index is -0.196. The zero-order valence-corrected chi connectivity index (χ0v) is 9.04. The molecule has 15 heavy (non-hydrogen) atoms. The maximum absolute atomic E-state index is 11.5. The molecule has 2 aliphatic carbocycles. The standard InChI is InChI=1S/C11H20N2O2/c14-10-5-9(6-10)13-11(15)7-12-8-3-1-2-4-8/h8-10,12,14H,1-7H2,(H,13,15). The first-order valence-corrected chi connectivity index (χ1v) is 5.95. The van der Waals surface area contributed by atoms with Gasteiger partial charge in [-0.05, 0) is 25.7 Å². The van der Waals surface area contributed by atoms with E-state index in [0.29, 0.717) is 12.6 Å². The smallest absolute Gasteiger partial charge is 0.234 e. The van der Waals surface area contributed by atoms with Gasteiger partial charge < -0.3 is 15.7 Å². The zero-order valence-electron chi connectivity index (χ0n) is 9.04.